The van der Waals surface area contributed by atoms with E-state index in [0.29, 0.717) is 10.0 Å². The fourth-order valence-corrected chi connectivity index (χ4v) is 3.37. The summed E-state index contributed by atoms with van der Waals surface area (Å²) in [6, 6.07) is 13.3. The van der Waals surface area contributed by atoms with E-state index in [9.17, 15) is 9.59 Å². The zero-order chi connectivity index (χ0) is 16.8. The summed E-state index contributed by atoms with van der Waals surface area (Å²) >= 11 is 12.0. The molecule has 2 aromatic rings. The van der Waals surface area contributed by atoms with Gasteiger partial charge in [-0.1, -0.05) is 47.5 Å². The molecular weight excluding hydrogens is 351 g/mol. The number of halogens is 2. The van der Waals surface area contributed by atoms with E-state index in [1.54, 1.807) is 48.5 Å². The molecule has 2 fully saturated rings. The van der Waals surface area contributed by atoms with Gasteiger partial charge in [0.1, 0.15) is 0 Å². The predicted octanol–water partition coefficient (Wildman–Crippen LogP) is 3.66. The summed E-state index contributed by atoms with van der Waals surface area (Å²) in [5.74, 6) is 0. The van der Waals surface area contributed by atoms with Crippen molar-refractivity contribution in [1.29, 1.82) is 0 Å². The lowest BCUT2D eigenvalue weighted by molar-refractivity contribution is 0.0672. The number of carbonyl (C=O) groups excluding carboxylic acids is 2. The molecule has 2 N–H and O–H groups in total. The lowest BCUT2D eigenvalue weighted by Gasteiger charge is -2.24. The summed E-state index contributed by atoms with van der Waals surface area (Å²) in [5.41, 5.74) is 1.44. The summed E-state index contributed by atoms with van der Waals surface area (Å²) in [7, 11) is 0. The molecule has 0 radical (unpaired) electrons. The molecule has 0 spiro atoms. The second kappa shape index (κ2) is 5.58. The largest absolute Gasteiger partial charge is 0.340 e. The molecule has 0 bridgehead atoms. The zero-order valence-corrected chi connectivity index (χ0v) is 13.8. The fourth-order valence-electron chi connectivity index (χ4n) is 2.97. The number of nitrogens with zero attached hydrogens (tertiary/aromatic N) is 2. The van der Waals surface area contributed by atoms with E-state index in [1.807, 2.05) is 0 Å². The van der Waals surface area contributed by atoms with Crippen LogP contribution in [0.25, 0.3) is 0 Å². The van der Waals surface area contributed by atoms with Crippen molar-refractivity contribution < 1.29 is 9.59 Å². The monoisotopic (exact) mass is 362 g/mol. The second-order valence-electron chi connectivity index (χ2n) is 5.50. The van der Waals surface area contributed by atoms with Gasteiger partial charge in [-0.05, 0) is 35.4 Å². The normalized spacial score (nSPS) is 22.4. The van der Waals surface area contributed by atoms with Crippen LogP contribution in [0.3, 0.4) is 0 Å². The molecule has 2 aliphatic heterocycles. The smallest absolute Gasteiger partial charge is 0.310 e. The summed E-state index contributed by atoms with van der Waals surface area (Å²) < 4.78 is 0. The van der Waals surface area contributed by atoms with Gasteiger partial charge in [-0.2, -0.15) is 0 Å². The number of nitrogens with one attached hydrogen (secondary N) is 2. The average molecular weight is 363 g/mol. The lowest BCUT2D eigenvalue weighted by Crippen LogP contribution is -2.36. The quantitative estimate of drug-likeness (QED) is 0.855. The second-order valence-corrected chi connectivity index (χ2v) is 6.38. The minimum absolute atomic E-state index is 0.372. The maximum atomic E-state index is 12.5. The third-order valence-corrected chi connectivity index (χ3v) is 4.46. The number of hydrogen-bond acceptors (Lipinski definition) is 2. The van der Waals surface area contributed by atoms with Crippen LogP contribution in [0.5, 0.6) is 0 Å². The van der Waals surface area contributed by atoms with Gasteiger partial charge in [-0.25, -0.2) is 19.6 Å². The van der Waals surface area contributed by atoms with Crippen molar-refractivity contribution in [2.45, 2.75) is 12.3 Å². The molecule has 6 nitrogen and oxygen atoms in total. The Morgan fingerprint density at radius 1 is 0.750 bits per heavy atom. The van der Waals surface area contributed by atoms with Crippen LogP contribution in [0.2, 0.25) is 10.0 Å². The highest BCUT2D eigenvalue weighted by atomic mass is 35.5. The highest BCUT2D eigenvalue weighted by Crippen LogP contribution is 2.37. The Hall–Kier alpha value is -2.44. The van der Waals surface area contributed by atoms with E-state index in [2.05, 4.69) is 10.6 Å². The number of hydrazine groups is 1. The summed E-state index contributed by atoms with van der Waals surface area (Å²) in [6.07, 6.45) is -1.22. The molecule has 4 amide bonds. The van der Waals surface area contributed by atoms with Crippen LogP contribution in [-0.2, 0) is 0 Å². The van der Waals surface area contributed by atoms with Crippen LogP contribution in [0.15, 0.2) is 48.5 Å². The van der Waals surface area contributed by atoms with E-state index >= 15 is 0 Å². The molecule has 2 unspecified atom stereocenters. The maximum absolute atomic E-state index is 12.5. The van der Waals surface area contributed by atoms with Gasteiger partial charge in [0, 0.05) is 10.0 Å². The van der Waals surface area contributed by atoms with Crippen LogP contribution in [0, 0.1) is 0 Å². The molecule has 24 heavy (non-hydrogen) atoms. The maximum Gasteiger partial charge on any atom is 0.340 e. The van der Waals surface area contributed by atoms with Gasteiger partial charge in [0.2, 0.25) is 0 Å². The molecular formula is C16H12Cl2N4O2. The molecule has 0 aliphatic carbocycles. The van der Waals surface area contributed by atoms with Crippen molar-refractivity contribution in [1.82, 2.24) is 20.7 Å². The number of rotatable bonds is 2. The summed E-state index contributed by atoms with van der Waals surface area (Å²) in [5, 5.41) is 9.40. The van der Waals surface area contributed by atoms with E-state index in [4.69, 9.17) is 23.2 Å². The zero-order valence-electron chi connectivity index (χ0n) is 12.2. The summed E-state index contributed by atoms with van der Waals surface area (Å²) in [4.78, 5) is 24.9. The van der Waals surface area contributed by atoms with Crippen LogP contribution in [-0.4, -0.2) is 22.1 Å². The molecule has 8 heteroatoms. The molecule has 2 aromatic carbocycles. The predicted molar refractivity (Wildman–Crippen MR) is 89.1 cm³/mol. The van der Waals surface area contributed by atoms with E-state index in [0.717, 1.165) is 11.1 Å². The first-order chi connectivity index (χ1) is 11.5. The lowest BCUT2D eigenvalue weighted by atomic mass is 10.2. The molecule has 0 saturated carbocycles. The number of urea groups is 2. The first kappa shape index (κ1) is 15.1. The van der Waals surface area contributed by atoms with Crippen LogP contribution >= 0.6 is 23.2 Å². The van der Waals surface area contributed by atoms with Crippen molar-refractivity contribution in [3.8, 4) is 0 Å². The fraction of sp³-hybridized carbons (Fsp3) is 0.125. The highest BCUT2D eigenvalue weighted by molar-refractivity contribution is 6.30. The average Bonchev–Trinajstić information content (AvgIpc) is 3.07. The van der Waals surface area contributed by atoms with Crippen LogP contribution in [0.1, 0.15) is 23.5 Å². The van der Waals surface area contributed by atoms with Crippen molar-refractivity contribution in [3.63, 3.8) is 0 Å². The Kier molecular flexibility index (Phi) is 3.51. The molecule has 2 atom stereocenters. The van der Waals surface area contributed by atoms with Crippen molar-refractivity contribution >= 4 is 35.3 Å². The third kappa shape index (κ3) is 2.35. The third-order valence-electron chi connectivity index (χ3n) is 3.99. The number of carbonyl (C=O) groups is 2. The first-order valence-corrected chi connectivity index (χ1v) is 8.00. The molecule has 0 aromatic heterocycles. The molecule has 4 rings (SSSR count). The Bertz CT molecular complexity index is 775. The minimum Gasteiger partial charge on any atom is -0.310 e. The number of hydrogen-bond donors (Lipinski definition) is 2. The van der Waals surface area contributed by atoms with Gasteiger partial charge < -0.3 is 10.6 Å². The first-order valence-electron chi connectivity index (χ1n) is 7.25. The van der Waals surface area contributed by atoms with Gasteiger partial charge in [0.25, 0.3) is 0 Å². The molecule has 2 heterocycles. The van der Waals surface area contributed by atoms with Gasteiger partial charge in [0.05, 0.1) is 0 Å². The highest BCUT2D eigenvalue weighted by Gasteiger charge is 2.51. The Labute approximate surface area is 147 Å². The summed E-state index contributed by atoms with van der Waals surface area (Å²) in [6.45, 7) is 0. The number of benzene rings is 2. The molecule has 2 saturated heterocycles. The van der Waals surface area contributed by atoms with E-state index < -0.39 is 12.3 Å². The van der Waals surface area contributed by atoms with Crippen molar-refractivity contribution in [2.24, 2.45) is 0 Å². The minimum atomic E-state index is -0.611. The van der Waals surface area contributed by atoms with Crippen LogP contribution in [0.4, 0.5) is 9.59 Å². The van der Waals surface area contributed by atoms with E-state index in [-0.39, 0.29) is 12.1 Å². The molecule has 2 aliphatic rings. The topological polar surface area (TPSA) is 64.7 Å². The van der Waals surface area contributed by atoms with Crippen LogP contribution < -0.4 is 10.6 Å². The Morgan fingerprint density at radius 2 is 1.17 bits per heavy atom. The van der Waals surface area contributed by atoms with Crippen molar-refractivity contribution in [3.05, 3.63) is 69.7 Å². The SMILES string of the molecule is O=C1NC(c2cccc(Cl)c2)N2C(=O)NC(c3cccc(Cl)c3)N12. The molecule has 122 valence electrons. The van der Waals surface area contributed by atoms with Gasteiger partial charge >= 0.3 is 12.1 Å². The van der Waals surface area contributed by atoms with Crippen molar-refractivity contribution in [2.75, 3.05) is 0 Å². The standard InChI is InChI=1S/C16H12Cl2N4O2/c17-11-5-1-3-9(7-11)13-19-15(23)22-14(20-16(24)21(13)22)10-4-2-6-12(18)8-10/h1-8,13-14H,(H,19,23)(H,20,24). The number of fused-ring (bicyclic) bond motifs is 1. The van der Waals surface area contributed by atoms with Gasteiger partial charge in [-0.15, -0.1) is 0 Å². The van der Waals surface area contributed by atoms with E-state index in [1.165, 1.54) is 10.0 Å². The van der Waals surface area contributed by atoms with Gasteiger partial charge in [-0.3, -0.25) is 0 Å². The van der Waals surface area contributed by atoms with Gasteiger partial charge in [0.15, 0.2) is 12.3 Å². The Balaban J connectivity index is 1.72. The Morgan fingerprint density at radius 3 is 1.54 bits per heavy atom. The number of amides is 4.